The van der Waals surface area contributed by atoms with Crippen molar-refractivity contribution < 1.29 is 9.53 Å². The maximum atomic E-state index is 14.2. The highest BCUT2D eigenvalue weighted by molar-refractivity contribution is 5.99. The van der Waals surface area contributed by atoms with Crippen LogP contribution in [0.3, 0.4) is 0 Å². The van der Waals surface area contributed by atoms with E-state index >= 15 is 0 Å². The Morgan fingerprint density at radius 1 is 1.17 bits per heavy atom. The van der Waals surface area contributed by atoms with Gasteiger partial charge in [-0.2, -0.15) is 10.4 Å². The zero-order valence-corrected chi connectivity index (χ0v) is 24.5. The molecule has 1 aliphatic heterocycles. The van der Waals surface area contributed by atoms with Crippen LogP contribution in [0.1, 0.15) is 64.1 Å². The van der Waals surface area contributed by atoms with Crippen LogP contribution in [0.15, 0.2) is 42.9 Å². The minimum atomic E-state index is -0.297. The zero-order valence-electron chi connectivity index (χ0n) is 24.5. The standard InChI is InChI=1S/C31H36N8O2/c1-7-41-30-15-28(34-17-23(30)16-32)20(2)39-10-8-25-26(29-14-24(19-36(4)5)35-37(29)6)12-22(13-27(25)31(39)40)18-38-11-9-33-21(38)3/h9,11-15,17,20H,7-8,10,18-19H2,1-6H3/t20-/m0/s1. The lowest BCUT2D eigenvalue weighted by molar-refractivity contribution is 0.0669. The lowest BCUT2D eigenvalue weighted by Crippen LogP contribution is -2.40. The van der Waals surface area contributed by atoms with Crippen LogP contribution in [0.4, 0.5) is 0 Å². The summed E-state index contributed by atoms with van der Waals surface area (Å²) >= 11 is 0. The van der Waals surface area contributed by atoms with Crippen molar-refractivity contribution in [3.8, 4) is 23.1 Å². The first kappa shape index (κ1) is 28.1. The Kier molecular flexibility index (Phi) is 7.90. The summed E-state index contributed by atoms with van der Waals surface area (Å²) in [6, 6.07) is 9.95. The minimum Gasteiger partial charge on any atom is -0.492 e. The van der Waals surface area contributed by atoms with Gasteiger partial charge >= 0.3 is 0 Å². The first-order valence-corrected chi connectivity index (χ1v) is 13.9. The largest absolute Gasteiger partial charge is 0.492 e. The van der Waals surface area contributed by atoms with Crippen molar-refractivity contribution in [2.45, 2.75) is 46.3 Å². The van der Waals surface area contributed by atoms with Crippen molar-refractivity contribution in [3.05, 3.63) is 82.3 Å². The summed E-state index contributed by atoms with van der Waals surface area (Å²) in [6.07, 6.45) is 5.97. The Labute approximate surface area is 240 Å². The van der Waals surface area contributed by atoms with E-state index in [0.717, 1.165) is 40.4 Å². The summed E-state index contributed by atoms with van der Waals surface area (Å²) < 4.78 is 9.67. The molecular formula is C31H36N8O2. The van der Waals surface area contributed by atoms with Crippen LogP contribution in [0.25, 0.3) is 11.3 Å². The van der Waals surface area contributed by atoms with E-state index in [1.54, 1.807) is 12.3 Å². The summed E-state index contributed by atoms with van der Waals surface area (Å²) in [5.41, 5.74) is 6.83. The van der Waals surface area contributed by atoms with Gasteiger partial charge in [0.2, 0.25) is 0 Å². The second-order valence-corrected chi connectivity index (χ2v) is 10.7. The van der Waals surface area contributed by atoms with E-state index in [2.05, 4.69) is 37.6 Å². The highest BCUT2D eigenvalue weighted by atomic mass is 16.5. The van der Waals surface area contributed by atoms with Gasteiger partial charge in [0.05, 0.1) is 29.7 Å². The molecule has 4 aromatic rings. The third kappa shape index (κ3) is 5.58. The fraction of sp³-hybridized carbons (Fsp3) is 0.387. The number of aryl methyl sites for hydroxylation is 2. The molecule has 0 N–H and O–H groups in total. The molecule has 0 fully saturated rings. The van der Waals surface area contributed by atoms with Crippen molar-refractivity contribution in [2.75, 3.05) is 27.2 Å². The van der Waals surface area contributed by atoms with Crippen LogP contribution in [0, 0.1) is 18.3 Å². The number of amides is 1. The molecule has 10 nitrogen and oxygen atoms in total. The van der Waals surface area contributed by atoms with E-state index < -0.39 is 0 Å². The molecule has 1 aromatic carbocycles. The van der Waals surface area contributed by atoms with Gasteiger partial charge in [0, 0.05) is 62.5 Å². The third-order valence-corrected chi connectivity index (χ3v) is 7.57. The summed E-state index contributed by atoms with van der Waals surface area (Å²) in [5.74, 6) is 1.36. The summed E-state index contributed by atoms with van der Waals surface area (Å²) in [6.45, 7) is 8.15. The lowest BCUT2D eigenvalue weighted by atomic mass is 9.89. The summed E-state index contributed by atoms with van der Waals surface area (Å²) in [5, 5.41) is 14.2. The number of rotatable bonds is 9. The lowest BCUT2D eigenvalue weighted by Gasteiger charge is -2.34. The highest BCUT2D eigenvalue weighted by Crippen LogP contribution is 2.36. The van der Waals surface area contributed by atoms with Gasteiger partial charge in [0.1, 0.15) is 23.2 Å². The number of pyridine rings is 1. The van der Waals surface area contributed by atoms with E-state index in [0.29, 0.717) is 48.7 Å². The molecule has 3 aromatic heterocycles. The molecule has 0 bridgehead atoms. The van der Waals surface area contributed by atoms with Gasteiger partial charge in [-0.3, -0.25) is 14.5 Å². The Balaban J connectivity index is 1.56. The fourth-order valence-corrected chi connectivity index (χ4v) is 5.52. The minimum absolute atomic E-state index is 0.0380. The molecule has 10 heteroatoms. The topological polar surface area (TPSA) is 105 Å². The van der Waals surface area contributed by atoms with E-state index in [-0.39, 0.29) is 11.9 Å². The molecule has 0 unspecified atom stereocenters. The number of aromatic nitrogens is 5. The van der Waals surface area contributed by atoms with Crippen molar-refractivity contribution in [1.29, 1.82) is 5.26 Å². The molecular weight excluding hydrogens is 516 g/mol. The van der Waals surface area contributed by atoms with E-state index in [1.807, 2.05) is 63.8 Å². The van der Waals surface area contributed by atoms with Crippen molar-refractivity contribution in [1.82, 2.24) is 34.1 Å². The van der Waals surface area contributed by atoms with Crippen LogP contribution in [0.5, 0.6) is 5.75 Å². The van der Waals surface area contributed by atoms with Gasteiger partial charge in [-0.15, -0.1) is 0 Å². The number of nitriles is 1. The normalized spacial score (nSPS) is 13.8. The molecule has 0 spiro atoms. The molecule has 0 saturated carbocycles. The molecule has 4 heterocycles. The van der Waals surface area contributed by atoms with Crippen LogP contribution < -0.4 is 4.74 Å². The smallest absolute Gasteiger partial charge is 0.254 e. The van der Waals surface area contributed by atoms with Crippen molar-refractivity contribution >= 4 is 5.91 Å². The Morgan fingerprint density at radius 3 is 2.63 bits per heavy atom. The number of ether oxygens (including phenoxy) is 1. The first-order valence-electron chi connectivity index (χ1n) is 13.9. The fourth-order valence-electron chi connectivity index (χ4n) is 5.52. The predicted molar refractivity (Wildman–Crippen MR) is 155 cm³/mol. The summed E-state index contributed by atoms with van der Waals surface area (Å²) in [7, 11) is 6.01. The van der Waals surface area contributed by atoms with Crippen LogP contribution >= 0.6 is 0 Å². The summed E-state index contributed by atoms with van der Waals surface area (Å²) in [4.78, 5) is 27.0. The van der Waals surface area contributed by atoms with E-state index in [1.165, 1.54) is 6.20 Å². The number of carbonyl (C=O) groups excluding carboxylic acids is 1. The van der Waals surface area contributed by atoms with Crippen LogP contribution in [0.2, 0.25) is 0 Å². The number of benzene rings is 1. The second kappa shape index (κ2) is 11.6. The van der Waals surface area contributed by atoms with Gasteiger partial charge < -0.3 is 19.1 Å². The Bertz CT molecular complexity index is 1630. The SMILES string of the molecule is CCOc1cc([C@H](C)N2CCc3c(cc(Cn4ccnc4C)cc3-c3cc(CN(C)C)nn3C)C2=O)ncc1C#N. The molecule has 0 aliphatic carbocycles. The van der Waals surface area contributed by atoms with Crippen LogP contribution in [-0.2, 0) is 26.6 Å². The molecule has 1 atom stereocenters. The van der Waals surface area contributed by atoms with Gasteiger partial charge in [0.25, 0.3) is 5.91 Å². The van der Waals surface area contributed by atoms with Gasteiger partial charge in [-0.1, -0.05) is 0 Å². The number of hydrogen-bond acceptors (Lipinski definition) is 7. The Morgan fingerprint density at radius 2 is 1.95 bits per heavy atom. The molecule has 41 heavy (non-hydrogen) atoms. The molecule has 1 aliphatic rings. The van der Waals surface area contributed by atoms with Gasteiger partial charge in [-0.05, 0) is 70.6 Å². The monoisotopic (exact) mass is 552 g/mol. The number of nitrogens with zero attached hydrogens (tertiary/aromatic N) is 8. The molecule has 212 valence electrons. The number of hydrogen-bond donors (Lipinski definition) is 0. The predicted octanol–water partition coefficient (Wildman–Crippen LogP) is 4.13. The average molecular weight is 553 g/mol. The second-order valence-electron chi connectivity index (χ2n) is 10.7. The molecule has 0 radical (unpaired) electrons. The number of imidazole rings is 1. The molecule has 5 rings (SSSR count). The Hall–Kier alpha value is -4.49. The van der Waals surface area contributed by atoms with Crippen molar-refractivity contribution in [2.24, 2.45) is 7.05 Å². The highest BCUT2D eigenvalue weighted by Gasteiger charge is 2.32. The van der Waals surface area contributed by atoms with Crippen molar-refractivity contribution in [3.63, 3.8) is 0 Å². The maximum Gasteiger partial charge on any atom is 0.254 e. The van der Waals surface area contributed by atoms with E-state index in [9.17, 15) is 10.1 Å². The third-order valence-electron chi connectivity index (χ3n) is 7.57. The number of carbonyl (C=O) groups is 1. The molecule has 1 amide bonds. The van der Waals surface area contributed by atoms with Crippen LogP contribution in [-0.4, -0.2) is 67.3 Å². The van der Waals surface area contributed by atoms with Gasteiger partial charge in [0.15, 0.2) is 0 Å². The van der Waals surface area contributed by atoms with E-state index in [4.69, 9.17) is 9.84 Å². The number of fused-ring (bicyclic) bond motifs is 1. The average Bonchev–Trinajstić information content (AvgIpc) is 3.52. The quantitative estimate of drug-likeness (QED) is 0.308. The van der Waals surface area contributed by atoms with Gasteiger partial charge in [-0.25, -0.2) is 4.98 Å². The first-order chi connectivity index (χ1) is 19.7. The zero-order chi connectivity index (χ0) is 29.3. The molecule has 0 saturated heterocycles. The maximum absolute atomic E-state index is 14.2.